The number of nitrogens with one attached hydrogen (secondary N) is 1. The largest absolute Gasteiger partial charge is 1.00 e. The number of rotatable bonds is 12. The van der Waals surface area contributed by atoms with E-state index in [2.05, 4.69) is 17.9 Å². The second kappa shape index (κ2) is 19.2. The molecule has 0 unspecified atom stereocenters. The number of carbonyl (C=O) groups excluding carboxylic acids is 2. The van der Waals surface area contributed by atoms with Crippen LogP contribution in [0.25, 0.3) is 0 Å². The first-order chi connectivity index (χ1) is 17.4. The third-order valence-corrected chi connectivity index (χ3v) is 7.12. The van der Waals surface area contributed by atoms with Gasteiger partial charge in [-0.1, -0.05) is 19.3 Å². The first-order valence-corrected chi connectivity index (χ1v) is 15.0. The molecule has 0 spiro atoms. The van der Waals surface area contributed by atoms with Crippen molar-refractivity contribution in [1.82, 2.24) is 10.2 Å². The summed E-state index contributed by atoms with van der Waals surface area (Å²) in [5, 5.41) is 2.29. The molecule has 2 aliphatic rings. The average molecular weight is 681 g/mol. The molecule has 2 fully saturated rings. The third kappa shape index (κ3) is 16.0. The van der Waals surface area contributed by atoms with Crippen molar-refractivity contribution < 1.29 is 159 Å². The van der Waals surface area contributed by atoms with E-state index in [0.717, 1.165) is 26.4 Å². The molecule has 1 heterocycles. The predicted molar refractivity (Wildman–Crippen MR) is 117 cm³/mol. The van der Waals surface area contributed by atoms with E-state index in [0.29, 0.717) is 12.8 Å². The number of hydrogen-bond acceptors (Lipinski definition) is 16. The van der Waals surface area contributed by atoms with Gasteiger partial charge in [-0.15, -0.1) is 0 Å². The van der Waals surface area contributed by atoms with Gasteiger partial charge < -0.3 is 33.3 Å². The van der Waals surface area contributed by atoms with Crippen molar-refractivity contribution in [3.05, 3.63) is 0 Å². The molecular weight excluding hydrogens is 653 g/mol. The maximum absolute atomic E-state index is 12.6. The molecule has 24 heteroatoms. The zero-order chi connectivity index (χ0) is 28.9. The summed E-state index contributed by atoms with van der Waals surface area (Å²) in [4.78, 5) is 26.0. The Morgan fingerprint density at radius 1 is 0.829 bits per heavy atom. The molecule has 222 valence electrons. The molecule has 0 aromatic carbocycles. The Bertz CT molecular complexity index is 1170. The fourth-order valence-electron chi connectivity index (χ4n) is 4.28. The Labute approximate surface area is 305 Å². The van der Waals surface area contributed by atoms with Gasteiger partial charge in [-0.25, -0.2) is 25.3 Å². The van der Waals surface area contributed by atoms with Crippen molar-refractivity contribution in [1.29, 1.82) is 0 Å². The molecule has 5 atom stereocenters. The van der Waals surface area contributed by atoms with Gasteiger partial charge in [-0.2, -0.15) is 0 Å². The minimum absolute atomic E-state index is 0. The number of amides is 2. The molecule has 41 heavy (non-hydrogen) atoms. The molecule has 0 radical (unpaired) electrons. The van der Waals surface area contributed by atoms with Gasteiger partial charge in [-0.3, -0.25) is 22.1 Å². The number of hydrogen-bond donors (Lipinski definition) is 1. The molecule has 2 rings (SSSR count). The second-order valence-electron chi connectivity index (χ2n) is 8.43. The van der Waals surface area contributed by atoms with Crippen LogP contribution >= 0.6 is 0 Å². The molecule has 1 N–H and O–H groups in total. The van der Waals surface area contributed by atoms with Crippen LogP contribution in [0.4, 0.5) is 0 Å². The first kappa shape index (κ1) is 44.6. The van der Waals surface area contributed by atoms with Crippen LogP contribution in [0.3, 0.4) is 0 Å². The summed E-state index contributed by atoms with van der Waals surface area (Å²) in [6.07, 6.45) is -7.23. The molecule has 1 aliphatic carbocycles. The fraction of sp³-hybridized carbons (Fsp3) is 0.882. The van der Waals surface area contributed by atoms with E-state index >= 15 is 0 Å². The molecule has 1 saturated heterocycles. The Kier molecular flexibility index (Phi) is 20.9. The summed E-state index contributed by atoms with van der Waals surface area (Å²) in [5.41, 5.74) is 0. The van der Waals surface area contributed by atoms with Gasteiger partial charge in [0.2, 0.25) is 43.0 Å². The number of carbonyl (C=O) groups is 2. The smallest absolute Gasteiger partial charge is 0.726 e. The summed E-state index contributed by atoms with van der Waals surface area (Å²) in [6.45, 7) is 0.111. The van der Waals surface area contributed by atoms with Crippen LogP contribution in [-0.2, 0) is 62.8 Å². The quantitative estimate of drug-likeness (QED) is 0.114. The fourth-order valence-corrected chi connectivity index (χ4v) is 5.75. The van der Waals surface area contributed by atoms with Gasteiger partial charge in [0.25, 0.3) is 0 Å². The van der Waals surface area contributed by atoms with Crippen LogP contribution in [0.15, 0.2) is 0 Å². The number of ether oxygens (including phenoxy) is 2. The van der Waals surface area contributed by atoms with Crippen molar-refractivity contribution in [2.45, 2.75) is 75.8 Å². The van der Waals surface area contributed by atoms with E-state index in [1.54, 1.807) is 0 Å². The van der Waals surface area contributed by atoms with Gasteiger partial charge >= 0.3 is 88.7 Å². The third-order valence-electron chi connectivity index (χ3n) is 5.74. The maximum atomic E-state index is 12.6. The van der Waals surface area contributed by atoms with E-state index in [1.807, 2.05) is 0 Å². The zero-order valence-corrected chi connectivity index (χ0v) is 31.6. The van der Waals surface area contributed by atoms with E-state index in [4.69, 9.17) is 9.47 Å². The molecule has 1 aliphatic heterocycles. The Morgan fingerprint density at radius 2 is 1.29 bits per heavy atom. The van der Waals surface area contributed by atoms with Crippen LogP contribution < -0.4 is 94.0 Å². The molecule has 0 aromatic heterocycles. The van der Waals surface area contributed by atoms with Crippen LogP contribution in [0.5, 0.6) is 0 Å². The molecule has 18 nitrogen and oxygen atoms in total. The number of nitrogens with zero attached hydrogens (tertiary/aromatic N) is 1. The maximum Gasteiger partial charge on any atom is 1.00 e. The van der Waals surface area contributed by atoms with Crippen molar-refractivity contribution in [3.63, 3.8) is 0 Å². The summed E-state index contributed by atoms with van der Waals surface area (Å²) in [7, 11) is -16.3. The minimum atomic E-state index is -5.77. The summed E-state index contributed by atoms with van der Waals surface area (Å²) in [5.74, 6) is -1.16. The van der Waals surface area contributed by atoms with Gasteiger partial charge in [0, 0.05) is 26.6 Å². The molecular formula is C17H27N2Na3O16S3. The van der Waals surface area contributed by atoms with E-state index in [1.165, 1.54) is 11.8 Å². The van der Waals surface area contributed by atoms with Gasteiger partial charge in [0.05, 0.1) is 6.54 Å². The first-order valence-electron chi connectivity index (χ1n) is 11.0. The van der Waals surface area contributed by atoms with Crippen LogP contribution in [0.2, 0.25) is 0 Å². The normalized spacial score (nSPS) is 25.5. The van der Waals surface area contributed by atoms with Crippen LogP contribution in [0, 0.1) is 0 Å². The Hall–Kier alpha value is 1.47. The molecule has 0 aromatic rings. The van der Waals surface area contributed by atoms with E-state index in [-0.39, 0.29) is 101 Å². The summed E-state index contributed by atoms with van der Waals surface area (Å²) in [6, 6.07) is -0.190. The van der Waals surface area contributed by atoms with Gasteiger partial charge in [0.15, 0.2) is 12.4 Å². The standard InChI is InChI=1S/C17H30N2O16S3.3Na/c1-10(20)19(11-6-4-3-5-7-11)9-13(21)18-8-12-14(33-36(22,23)24)15(34-37(25,26)27)16(17(31-2)32-12)35-38(28,29)30;;;/h11-12,14-17H,3-9H2,1-2H3,(H,18,21)(H,22,23,24)(H,25,26,27)(H,28,29,30);;;/q;3*+1/p-3/t12-,14-,15+,16+,17+;;;/m1.../s1. The van der Waals surface area contributed by atoms with E-state index < -0.39 is 80.9 Å². The summed E-state index contributed by atoms with van der Waals surface area (Å²) >= 11 is 0. The van der Waals surface area contributed by atoms with Crippen molar-refractivity contribution in [2.24, 2.45) is 0 Å². The topological polar surface area (TPSA) is 267 Å². The Balaban J connectivity index is 0. The molecule has 1 saturated carbocycles. The Morgan fingerprint density at radius 3 is 1.73 bits per heavy atom. The molecule has 0 bridgehead atoms. The van der Waals surface area contributed by atoms with Crippen molar-refractivity contribution >= 4 is 43.0 Å². The SMILES string of the molecule is CO[C@H]1O[C@H](CNC(=O)CN(C(C)=O)C2CCCCC2)[C@@H](OS(=O)(=O)[O-])[C@H](OS(=O)(=O)[O-])[C@@H]1OS(=O)(=O)[O-].[Na+].[Na+].[Na+]. The number of methoxy groups -OCH3 is 1. The van der Waals surface area contributed by atoms with E-state index in [9.17, 15) is 48.5 Å². The van der Waals surface area contributed by atoms with Crippen LogP contribution in [0.1, 0.15) is 39.0 Å². The second-order valence-corrected chi connectivity index (χ2v) is 11.5. The predicted octanol–water partition coefficient (Wildman–Crippen LogP) is -11.8. The molecule has 2 amide bonds. The summed E-state index contributed by atoms with van der Waals surface area (Å²) < 4.78 is 124. The average Bonchev–Trinajstić information content (AvgIpc) is 2.76. The van der Waals surface area contributed by atoms with Crippen LogP contribution in [-0.4, -0.2) is 113 Å². The minimum Gasteiger partial charge on any atom is -0.726 e. The monoisotopic (exact) mass is 680 g/mol. The zero-order valence-electron chi connectivity index (χ0n) is 23.1. The van der Waals surface area contributed by atoms with Gasteiger partial charge in [0.1, 0.15) is 18.3 Å². The van der Waals surface area contributed by atoms with Crippen molar-refractivity contribution in [3.8, 4) is 0 Å². The van der Waals surface area contributed by atoms with Crippen molar-refractivity contribution in [2.75, 3.05) is 20.2 Å². The van der Waals surface area contributed by atoms with Gasteiger partial charge in [-0.05, 0) is 12.8 Å².